The normalized spacial score (nSPS) is 15.6. The Kier molecular flexibility index (Phi) is 3.64. The van der Waals surface area contributed by atoms with Gasteiger partial charge in [0.15, 0.2) is 0 Å². The summed E-state index contributed by atoms with van der Waals surface area (Å²) in [6.07, 6.45) is 2.77. The molecule has 1 N–H and O–H groups in total. The SMILES string of the molecule is Cc1nccc(CNCc2cccc3c2OC(C)(C)C3)n1. The molecule has 21 heavy (non-hydrogen) atoms. The van der Waals surface area contributed by atoms with E-state index >= 15 is 0 Å². The van der Waals surface area contributed by atoms with Gasteiger partial charge in [-0.25, -0.2) is 9.97 Å². The quantitative estimate of drug-likeness (QED) is 0.937. The lowest BCUT2D eigenvalue weighted by molar-refractivity contribution is 0.137. The van der Waals surface area contributed by atoms with Crippen molar-refractivity contribution in [3.05, 3.63) is 53.1 Å². The molecule has 110 valence electrons. The van der Waals surface area contributed by atoms with E-state index in [4.69, 9.17) is 4.74 Å². The Labute approximate surface area is 125 Å². The van der Waals surface area contributed by atoms with Crippen LogP contribution in [0.15, 0.2) is 30.5 Å². The fraction of sp³-hybridized carbons (Fsp3) is 0.412. The van der Waals surface area contributed by atoms with E-state index < -0.39 is 0 Å². The second kappa shape index (κ2) is 5.45. The fourth-order valence-electron chi connectivity index (χ4n) is 2.75. The molecule has 2 aromatic rings. The summed E-state index contributed by atoms with van der Waals surface area (Å²) in [4.78, 5) is 8.51. The van der Waals surface area contributed by atoms with E-state index in [0.29, 0.717) is 0 Å². The van der Waals surface area contributed by atoms with Crippen molar-refractivity contribution < 1.29 is 4.74 Å². The number of fused-ring (bicyclic) bond motifs is 1. The molecule has 1 aliphatic rings. The number of nitrogens with one attached hydrogen (secondary N) is 1. The second-order valence-electron chi connectivity index (χ2n) is 6.14. The lowest BCUT2D eigenvalue weighted by Gasteiger charge is -2.18. The van der Waals surface area contributed by atoms with E-state index in [0.717, 1.165) is 36.8 Å². The first kappa shape index (κ1) is 14.0. The van der Waals surface area contributed by atoms with Crippen molar-refractivity contribution >= 4 is 0 Å². The summed E-state index contributed by atoms with van der Waals surface area (Å²) in [5.74, 6) is 1.86. The highest BCUT2D eigenvalue weighted by Crippen LogP contribution is 2.37. The number of ether oxygens (including phenoxy) is 1. The minimum atomic E-state index is -0.0950. The molecule has 0 fully saturated rings. The summed E-state index contributed by atoms with van der Waals surface area (Å²) in [5.41, 5.74) is 3.43. The van der Waals surface area contributed by atoms with Gasteiger partial charge in [-0.3, -0.25) is 0 Å². The molecule has 0 atom stereocenters. The van der Waals surface area contributed by atoms with Gasteiger partial charge in [0.05, 0.1) is 5.69 Å². The van der Waals surface area contributed by atoms with E-state index in [2.05, 4.69) is 47.3 Å². The van der Waals surface area contributed by atoms with Crippen molar-refractivity contribution in [2.24, 2.45) is 0 Å². The molecule has 4 heteroatoms. The van der Waals surface area contributed by atoms with E-state index in [9.17, 15) is 0 Å². The Morgan fingerprint density at radius 3 is 2.90 bits per heavy atom. The highest BCUT2D eigenvalue weighted by molar-refractivity contribution is 5.45. The summed E-state index contributed by atoms with van der Waals surface area (Å²) < 4.78 is 6.08. The van der Waals surface area contributed by atoms with E-state index in [1.165, 1.54) is 11.1 Å². The van der Waals surface area contributed by atoms with Gasteiger partial charge in [0.1, 0.15) is 17.2 Å². The standard InChI is InChI=1S/C17H21N3O/c1-12-19-8-7-15(20-12)11-18-10-14-6-4-5-13-9-17(2,3)21-16(13)14/h4-8,18H,9-11H2,1-3H3. The van der Waals surface area contributed by atoms with Crippen LogP contribution in [0.3, 0.4) is 0 Å². The van der Waals surface area contributed by atoms with Gasteiger partial charge in [-0.2, -0.15) is 0 Å². The monoisotopic (exact) mass is 283 g/mol. The molecule has 1 aromatic carbocycles. The zero-order valence-corrected chi connectivity index (χ0v) is 12.8. The summed E-state index contributed by atoms with van der Waals surface area (Å²) in [5, 5.41) is 3.43. The topological polar surface area (TPSA) is 47.0 Å². The molecular weight excluding hydrogens is 262 g/mol. The number of aromatic nitrogens is 2. The zero-order valence-electron chi connectivity index (χ0n) is 12.8. The van der Waals surface area contributed by atoms with Crippen molar-refractivity contribution in [2.75, 3.05) is 0 Å². The predicted octanol–water partition coefficient (Wildman–Crippen LogP) is 2.79. The van der Waals surface area contributed by atoms with Crippen LogP contribution in [0.5, 0.6) is 5.75 Å². The first-order valence-electron chi connectivity index (χ1n) is 7.32. The molecule has 0 aliphatic carbocycles. The number of para-hydroxylation sites is 1. The number of benzene rings is 1. The lowest BCUT2D eigenvalue weighted by atomic mass is 10.0. The van der Waals surface area contributed by atoms with Crippen molar-refractivity contribution in [1.29, 1.82) is 0 Å². The molecule has 0 saturated heterocycles. The third-order valence-corrected chi connectivity index (χ3v) is 3.63. The molecule has 0 bridgehead atoms. The van der Waals surface area contributed by atoms with Crippen molar-refractivity contribution in [2.45, 2.75) is 45.9 Å². The van der Waals surface area contributed by atoms with Gasteiger partial charge in [-0.1, -0.05) is 18.2 Å². The molecular formula is C17H21N3O. The van der Waals surface area contributed by atoms with Gasteiger partial charge in [0.25, 0.3) is 0 Å². The maximum absolute atomic E-state index is 6.08. The highest BCUT2D eigenvalue weighted by Gasteiger charge is 2.31. The summed E-state index contributed by atoms with van der Waals surface area (Å²) in [6, 6.07) is 8.32. The second-order valence-corrected chi connectivity index (χ2v) is 6.14. The van der Waals surface area contributed by atoms with Gasteiger partial charge in [0.2, 0.25) is 0 Å². The van der Waals surface area contributed by atoms with Crippen molar-refractivity contribution in [3.8, 4) is 5.75 Å². The summed E-state index contributed by atoms with van der Waals surface area (Å²) in [7, 11) is 0. The number of nitrogens with zero attached hydrogens (tertiary/aromatic N) is 2. The molecule has 3 rings (SSSR count). The summed E-state index contributed by atoms with van der Waals surface area (Å²) >= 11 is 0. The molecule has 0 amide bonds. The minimum Gasteiger partial charge on any atom is -0.487 e. The maximum atomic E-state index is 6.08. The van der Waals surface area contributed by atoms with E-state index in [1.807, 2.05) is 13.0 Å². The number of hydrogen-bond donors (Lipinski definition) is 1. The summed E-state index contributed by atoms with van der Waals surface area (Å²) in [6.45, 7) is 7.68. The van der Waals surface area contributed by atoms with Crippen LogP contribution in [-0.2, 0) is 19.5 Å². The average molecular weight is 283 g/mol. The highest BCUT2D eigenvalue weighted by atomic mass is 16.5. The molecule has 2 heterocycles. The molecule has 0 unspecified atom stereocenters. The van der Waals surface area contributed by atoms with Crippen LogP contribution in [0.1, 0.15) is 36.5 Å². The predicted molar refractivity (Wildman–Crippen MR) is 82.2 cm³/mol. The van der Waals surface area contributed by atoms with Gasteiger partial charge in [0, 0.05) is 31.3 Å². The van der Waals surface area contributed by atoms with Gasteiger partial charge in [-0.05, 0) is 32.4 Å². The van der Waals surface area contributed by atoms with E-state index in [-0.39, 0.29) is 5.60 Å². The lowest BCUT2D eigenvalue weighted by Crippen LogP contribution is -2.25. The van der Waals surface area contributed by atoms with Gasteiger partial charge in [-0.15, -0.1) is 0 Å². The van der Waals surface area contributed by atoms with Crippen LogP contribution in [0.25, 0.3) is 0 Å². The Bertz CT molecular complexity index is 652. The Morgan fingerprint density at radius 1 is 1.24 bits per heavy atom. The maximum Gasteiger partial charge on any atom is 0.127 e. The third-order valence-electron chi connectivity index (χ3n) is 3.63. The number of hydrogen-bond acceptors (Lipinski definition) is 4. The first-order valence-corrected chi connectivity index (χ1v) is 7.32. The van der Waals surface area contributed by atoms with Crippen LogP contribution < -0.4 is 10.1 Å². The number of aryl methyl sites for hydroxylation is 1. The average Bonchev–Trinajstić information content (AvgIpc) is 2.74. The zero-order chi connectivity index (χ0) is 14.9. The van der Waals surface area contributed by atoms with Crippen LogP contribution in [0.4, 0.5) is 0 Å². The largest absolute Gasteiger partial charge is 0.487 e. The van der Waals surface area contributed by atoms with Crippen LogP contribution in [0, 0.1) is 6.92 Å². The number of rotatable bonds is 4. The third kappa shape index (κ3) is 3.22. The smallest absolute Gasteiger partial charge is 0.127 e. The van der Waals surface area contributed by atoms with Crippen LogP contribution in [0.2, 0.25) is 0 Å². The molecule has 0 saturated carbocycles. The molecule has 1 aliphatic heterocycles. The van der Waals surface area contributed by atoms with Crippen molar-refractivity contribution in [1.82, 2.24) is 15.3 Å². The molecule has 0 spiro atoms. The fourth-order valence-corrected chi connectivity index (χ4v) is 2.75. The van der Waals surface area contributed by atoms with E-state index in [1.54, 1.807) is 6.20 Å². The van der Waals surface area contributed by atoms with Gasteiger partial charge >= 0.3 is 0 Å². The Balaban J connectivity index is 1.66. The molecule has 4 nitrogen and oxygen atoms in total. The van der Waals surface area contributed by atoms with Crippen molar-refractivity contribution in [3.63, 3.8) is 0 Å². The van der Waals surface area contributed by atoms with Crippen LogP contribution >= 0.6 is 0 Å². The van der Waals surface area contributed by atoms with Crippen LogP contribution in [-0.4, -0.2) is 15.6 Å². The minimum absolute atomic E-state index is 0.0950. The van der Waals surface area contributed by atoms with Gasteiger partial charge < -0.3 is 10.1 Å². The Hall–Kier alpha value is -1.94. The molecule has 1 aromatic heterocycles. The first-order chi connectivity index (χ1) is 10.0. The Morgan fingerprint density at radius 2 is 2.10 bits per heavy atom. The molecule has 0 radical (unpaired) electrons.